The van der Waals surface area contributed by atoms with Gasteiger partial charge in [0.2, 0.25) is 5.95 Å². The molecule has 8 heteroatoms. The van der Waals surface area contributed by atoms with Crippen LogP contribution in [0.1, 0.15) is 19.3 Å². The average Bonchev–Trinajstić information content (AvgIpc) is 2.62. The Morgan fingerprint density at radius 3 is 2.94 bits per heavy atom. The van der Waals surface area contributed by atoms with Gasteiger partial charge in [-0.15, -0.1) is 0 Å². The largest absolute Gasteiger partial charge is 0.369 e. The van der Waals surface area contributed by atoms with Crippen LogP contribution in [0.15, 0.2) is 9.59 Å². The van der Waals surface area contributed by atoms with E-state index >= 15 is 0 Å². The van der Waals surface area contributed by atoms with Gasteiger partial charge >= 0.3 is 4.87 Å². The Balaban J connectivity index is 2.39. The molecule has 0 bridgehead atoms. The summed E-state index contributed by atoms with van der Waals surface area (Å²) >= 11 is 0.858. The molecule has 0 aliphatic rings. The molecule has 2 aromatic rings. The van der Waals surface area contributed by atoms with Crippen molar-refractivity contribution in [1.29, 1.82) is 5.26 Å². The minimum Gasteiger partial charge on any atom is -0.369 e. The molecule has 0 unspecified atom stereocenters. The van der Waals surface area contributed by atoms with Gasteiger partial charge in [-0.25, -0.2) is 0 Å². The number of thiazole rings is 1. The van der Waals surface area contributed by atoms with Crippen LogP contribution in [0.2, 0.25) is 0 Å². The molecule has 2 rings (SSSR count). The summed E-state index contributed by atoms with van der Waals surface area (Å²) in [7, 11) is 0. The van der Waals surface area contributed by atoms with Crippen molar-refractivity contribution in [1.82, 2.24) is 14.5 Å². The van der Waals surface area contributed by atoms with Crippen molar-refractivity contribution in [2.75, 3.05) is 5.73 Å². The van der Waals surface area contributed by atoms with Crippen molar-refractivity contribution in [3.8, 4) is 6.07 Å². The van der Waals surface area contributed by atoms with Crippen molar-refractivity contribution >= 4 is 27.6 Å². The monoisotopic (exact) mass is 265 g/mol. The first-order valence-corrected chi connectivity index (χ1v) is 6.21. The summed E-state index contributed by atoms with van der Waals surface area (Å²) in [6.07, 6.45) is 1.85. The quantitative estimate of drug-likeness (QED) is 0.777. The van der Waals surface area contributed by atoms with Crippen LogP contribution < -0.4 is 16.2 Å². The van der Waals surface area contributed by atoms with Crippen LogP contribution in [0.25, 0.3) is 10.3 Å². The molecule has 2 heterocycles. The first kappa shape index (κ1) is 12.3. The molecule has 0 amide bonds. The van der Waals surface area contributed by atoms with Crippen LogP contribution in [0.3, 0.4) is 0 Å². The highest BCUT2D eigenvalue weighted by atomic mass is 32.1. The number of anilines is 1. The molecule has 0 aliphatic heterocycles. The van der Waals surface area contributed by atoms with Gasteiger partial charge in [0.1, 0.15) is 4.70 Å². The maximum Gasteiger partial charge on any atom is 0.309 e. The number of aromatic nitrogens is 3. The van der Waals surface area contributed by atoms with Crippen LogP contribution in [0.4, 0.5) is 5.95 Å². The van der Waals surface area contributed by atoms with E-state index < -0.39 is 5.56 Å². The second kappa shape index (κ2) is 5.01. The van der Waals surface area contributed by atoms with Gasteiger partial charge in [0.15, 0.2) is 5.65 Å². The predicted molar refractivity (Wildman–Crippen MR) is 68.4 cm³/mol. The average molecular weight is 265 g/mol. The van der Waals surface area contributed by atoms with Crippen molar-refractivity contribution in [3.05, 3.63) is 20.0 Å². The molecule has 0 aromatic carbocycles. The molecule has 2 aromatic heterocycles. The van der Waals surface area contributed by atoms with Crippen LogP contribution in [0, 0.1) is 11.3 Å². The van der Waals surface area contributed by atoms with Gasteiger partial charge < -0.3 is 5.73 Å². The third-order valence-corrected chi connectivity index (χ3v) is 3.43. The van der Waals surface area contributed by atoms with Gasteiger partial charge in [0, 0.05) is 13.0 Å². The molecular formula is C10H11N5O2S. The zero-order valence-corrected chi connectivity index (χ0v) is 10.3. The van der Waals surface area contributed by atoms with E-state index in [4.69, 9.17) is 11.0 Å². The fourth-order valence-corrected chi connectivity index (χ4v) is 2.50. The van der Waals surface area contributed by atoms with Crippen molar-refractivity contribution in [3.63, 3.8) is 0 Å². The lowest BCUT2D eigenvalue weighted by Crippen LogP contribution is -2.15. The molecule has 94 valence electrons. The summed E-state index contributed by atoms with van der Waals surface area (Å²) in [5.41, 5.74) is 5.39. The number of hydrogen-bond acceptors (Lipinski definition) is 6. The normalized spacial score (nSPS) is 10.6. The molecule has 0 fully saturated rings. The summed E-state index contributed by atoms with van der Waals surface area (Å²) in [5, 5.41) is 8.43. The lowest BCUT2D eigenvalue weighted by atomic mass is 10.2. The van der Waals surface area contributed by atoms with Gasteiger partial charge in [-0.2, -0.15) is 10.2 Å². The fourth-order valence-electron chi connectivity index (χ4n) is 1.64. The zero-order chi connectivity index (χ0) is 13.1. The maximum atomic E-state index is 11.7. The molecule has 3 N–H and O–H groups in total. The summed E-state index contributed by atoms with van der Waals surface area (Å²) in [4.78, 5) is 29.4. The lowest BCUT2D eigenvalue weighted by molar-refractivity contribution is 0.620. The third kappa shape index (κ3) is 2.26. The highest BCUT2D eigenvalue weighted by Gasteiger charge is 2.12. The standard InChI is InChI=1S/C10H11N5O2S/c11-4-2-1-3-5-15-7-6(18-10(15)17)8(16)14-9(12)13-7/h1-3,5H2,(H3,12,13,14,16). The highest BCUT2D eigenvalue weighted by molar-refractivity contribution is 7.16. The molecule has 0 aliphatic carbocycles. The smallest absolute Gasteiger partial charge is 0.309 e. The fraction of sp³-hybridized carbons (Fsp3) is 0.400. The van der Waals surface area contributed by atoms with E-state index in [2.05, 4.69) is 9.97 Å². The first-order chi connectivity index (χ1) is 8.63. The number of nitrogens with two attached hydrogens (primary N) is 1. The lowest BCUT2D eigenvalue weighted by Gasteiger charge is -2.01. The minimum atomic E-state index is -0.393. The maximum absolute atomic E-state index is 11.7. The van der Waals surface area contributed by atoms with E-state index in [0.29, 0.717) is 31.5 Å². The topological polar surface area (TPSA) is 118 Å². The first-order valence-electron chi connectivity index (χ1n) is 5.39. The Labute approximate surface area is 106 Å². The number of aromatic amines is 1. The third-order valence-electron chi connectivity index (χ3n) is 2.46. The van der Waals surface area contributed by atoms with E-state index in [0.717, 1.165) is 11.3 Å². The number of fused-ring (bicyclic) bond motifs is 1. The molecule has 0 radical (unpaired) electrons. The van der Waals surface area contributed by atoms with Crippen LogP contribution in [-0.2, 0) is 6.54 Å². The van der Waals surface area contributed by atoms with Gasteiger partial charge in [0.25, 0.3) is 5.56 Å². The summed E-state index contributed by atoms with van der Waals surface area (Å²) in [5.74, 6) is -0.00363. The summed E-state index contributed by atoms with van der Waals surface area (Å²) in [6, 6.07) is 2.04. The van der Waals surface area contributed by atoms with Crippen molar-refractivity contribution in [2.24, 2.45) is 0 Å². The summed E-state index contributed by atoms with van der Waals surface area (Å²) in [6.45, 7) is 0.441. The number of aryl methyl sites for hydroxylation is 1. The number of nitrogens with zero attached hydrogens (tertiary/aromatic N) is 3. The van der Waals surface area contributed by atoms with Crippen LogP contribution in [0.5, 0.6) is 0 Å². The van der Waals surface area contributed by atoms with Gasteiger partial charge in [0.05, 0.1) is 6.07 Å². The zero-order valence-electron chi connectivity index (χ0n) is 9.47. The summed E-state index contributed by atoms with van der Waals surface area (Å²) < 4.78 is 1.72. The molecule has 0 atom stereocenters. The second-order valence-electron chi connectivity index (χ2n) is 3.74. The molecule has 0 spiro atoms. The SMILES string of the molecule is N#CCCCCn1c(=O)sc2c(=O)[nH]c(N)nc21. The Morgan fingerprint density at radius 2 is 2.22 bits per heavy atom. The van der Waals surface area contributed by atoms with Crippen LogP contribution in [-0.4, -0.2) is 14.5 Å². The number of H-pyrrole nitrogens is 1. The van der Waals surface area contributed by atoms with E-state index in [1.165, 1.54) is 4.57 Å². The highest BCUT2D eigenvalue weighted by Crippen LogP contribution is 2.11. The van der Waals surface area contributed by atoms with E-state index in [1.54, 1.807) is 0 Å². The number of rotatable bonds is 4. The van der Waals surface area contributed by atoms with Gasteiger partial charge in [-0.05, 0) is 12.8 Å². The number of nitriles is 1. The Bertz CT molecular complexity index is 720. The predicted octanol–water partition coefficient (Wildman–Crippen LogP) is 0.422. The van der Waals surface area contributed by atoms with E-state index in [1.807, 2.05) is 6.07 Å². The van der Waals surface area contributed by atoms with E-state index in [-0.39, 0.29) is 15.5 Å². The Kier molecular flexibility index (Phi) is 3.43. The molecule has 7 nitrogen and oxygen atoms in total. The molecular weight excluding hydrogens is 254 g/mol. The number of nitrogens with one attached hydrogen (secondary N) is 1. The molecule has 0 saturated carbocycles. The Hall–Kier alpha value is -2.14. The van der Waals surface area contributed by atoms with Crippen LogP contribution >= 0.6 is 11.3 Å². The Morgan fingerprint density at radius 1 is 1.44 bits per heavy atom. The number of nitrogen functional groups attached to an aromatic ring is 1. The van der Waals surface area contributed by atoms with Crippen molar-refractivity contribution < 1.29 is 0 Å². The van der Waals surface area contributed by atoms with E-state index in [9.17, 15) is 9.59 Å². The van der Waals surface area contributed by atoms with Crippen molar-refractivity contribution in [2.45, 2.75) is 25.8 Å². The minimum absolute atomic E-state index is 0.00363. The van der Waals surface area contributed by atoms with Gasteiger partial charge in [-0.3, -0.25) is 19.1 Å². The number of unbranched alkanes of at least 4 members (excludes halogenated alkanes) is 2. The molecule has 18 heavy (non-hydrogen) atoms. The second-order valence-corrected chi connectivity index (χ2v) is 4.70. The number of hydrogen-bond donors (Lipinski definition) is 2. The molecule has 0 saturated heterocycles. The van der Waals surface area contributed by atoms with Gasteiger partial charge in [-0.1, -0.05) is 11.3 Å².